The van der Waals surface area contributed by atoms with Gasteiger partial charge >= 0.3 is 0 Å². The Labute approximate surface area is 92.6 Å². The number of fused-ring (bicyclic) bond motifs is 1. The first kappa shape index (κ1) is 10.6. The van der Waals surface area contributed by atoms with E-state index >= 15 is 0 Å². The van der Waals surface area contributed by atoms with Crippen molar-refractivity contribution < 1.29 is 14.3 Å². The van der Waals surface area contributed by atoms with Crippen LogP contribution in [0.1, 0.15) is 16.2 Å². The summed E-state index contributed by atoms with van der Waals surface area (Å²) in [5.41, 5.74) is 1.73. The first-order valence-corrected chi connectivity index (χ1v) is 4.80. The van der Waals surface area contributed by atoms with Crippen molar-refractivity contribution in [1.29, 1.82) is 0 Å². The number of hydrogen-bond acceptors (Lipinski definition) is 4. The van der Waals surface area contributed by atoms with Gasteiger partial charge in [-0.15, -0.1) is 0 Å². The third-order valence-corrected chi connectivity index (χ3v) is 2.34. The molecule has 0 saturated carbocycles. The molecular weight excluding hydrogens is 208 g/mol. The van der Waals surface area contributed by atoms with Gasteiger partial charge < -0.3 is 9.47 Å². The molecule has 16 heavy (non-hydrogen) atoms. The molecule has 0 amide bonds. The molecule has 0 fully saturated rings. The molecule has 5 heteroatoms. The number of aromatic nitrogens is 2. The molecule has 2 aromatic rings. The second-order valence-electron chi connectivity index (χ2n) is 3.26. The second-order valence-corrected chi connectivity index (χ2v) is 3.26. The summed E-state index contributed by atoms with van der Waals surface area (Å²) < 4.78 is 11.9. The average Bonchev–Trinajstić information content (AvgIpc) is 2.66. The molecule has 0 aliphatic carbocycles. The second kappa shape index (κ2) is 4.32. The molecule has 0 aliphatic heterocycles. The van der Waals surface area contributed by atoms with Gasteiger partial charge in [0.1, 0.15) is 5.69 Å². The fraction of sp³-hybridized carbons (Fsp3) is 0.273. The van der Waals surface area contributed by atoms with Crippen LogP contribution in [0, 0.1) is 0 Å². The van der Waals surface area contributed by atoms with Gasteiger partial charge in [0.05, 0.1) is 19.4 Å². The van der Waals surface area contributed by atoms with Crippen molar-refractivity contribution in [2.24, 2.45) is 0 Å². The summed E-state index contributed by atoms with van der Waals surface area (Å²) in [5, 5.41) is 0. The Morgan fingerprint density at radius 3 is 2.94 bits per heavy atom. The molecule has 0 unspecified atom stereocenters. The Balaban J connectivity index is 2.70. The van der Waals surface area contributed by atoms with Crippen molar-refractivity contribution in [1.82, 2.24) is 9.38 Å². The van der Waals surface area contributed by atoms with Crippen molar-refractivity contribution >= 4 is 11.9 Å². The van der Waals surface area contributed by atoms with E-state index < -0.39 is 0 Å². The largest absolute Gasteiger partial charge is 0.493 e. The maximum absolute atomic E-state index is 11.0. The lowest BCUT2D eigenvalue weighted by molar-refractivity contribution is 0.111. The molecule has 5 nitrogen and oxygen atoms in total. The predicted octanol–water partition coefficient (Wildman–Crippen LogP) is 1.30. The average molecular weight is 220 g/mol. The van der Waals surface area contributed by atoms with Crippen LogP contribution in [0.2, 0.25) is 0 Å². The predicted molar refractivity (Wildman–Crippen MR) is 57.8 cm³/mol. The highest BCUT2D eigenvalue weighted by atomic mass is 16.5. The van der Waals surface area contributed by atoms with Crippen LogP contribution in [0.15, 0.2) is 18.3 Å². The molecule has 0 saturated heterocycles. The minimum atomic E-state index is 0.304. The number of rotatable bonds is 4. The van der Waals surface area contributed by atoms with Crippen LogP contribution >= 0.6 is 0 Å². The van der Waals surface area contributed by atoms with E-state index in [2.05, 4.69) is 4.98 Å². The lowest BCUT2D eigenvalue weighted by Gasteiger charge is -2.01. The van der Waals surface area contributed by atoms with E-state index in [9.17, 15) is 4.79 Å². The number of aldehydes is 1. The van der Waals surface area contributed by atoms with Crippen molar-refractivity contribution in [3.63, 3.8) is 0 Å². The molecule has 2 heterocycles. The third kappa shape index (κ3) is 1.55. The zero-order valence-electron chi connectivity index (χ0n) is 9.14. The number of hydrogen-bond donors (Lipinski definition) is 0. The smallest absolute Gasteiger partial charge is 0.180 e. The van der Waals surface area contributed by atoms with Gasteiger partial charge in [-0.1, -0.05) is 0 Å². The molecular formula is C11H12N2O3. The molecule has 0 aliphatic rings. The number of carbonyl (C=O) groups is 1. The SMILES string of the molecule is COCc1nc2c(OC)cccn2c1C=O. The first-order valence-electron chi connectivity index (χ1n) is 4.80. The van der Waals surface area contributed by atoms with Crippen molar-refractivity contribution in [2.75, 3.05) is 14.2 Å². The van der Waals surface area contributed by atoms with Gasteiger partial charge in [0.2, 0.25) is 0 Å². The summed E-state index contributed by atoms with van der Waals surface area (Å²) in [6.45, 7) is 0.304. The first-order chi connectivity index (χ1) is 7.81. The van der Waals surface area contributed by atoms with Crippen LogP contribution in [0.25, 0.3) is 5.65 Å². The zero-order valence-corrected chi connectivity index (χ0v) is 9.14. The van der Waals surface area contributed by atoms with Crippen LogP contribution in [-0.2, 0) is 11.3 Å². The molecule has 0 N–H and O–H groups in total. The summed E-state index contributed by atoms with van der Waals surface area (Å²) in [6.07, 6.45) is 2.54. The van der Waals surface area contributed by atoms with E-state index in [0.29, 0.717) is 29.4 Å². The van der Waals surface area contributed by atoms with Crippen molar-refractivity contribution in [2.45, 2.75) is 6.61 Å². The topological polar surface area (TPSA) is 52.8 Å². The van der Waals surface area contributed by atoms with E-state index in [1.54, 1.807) is 36.9 Å². The van der Waals surface area contributed by atoms with Crippen LogP contribution < -0.4 is 4.74 Å². The third-order valence-electron chi connectivity index (χ3n) is 2.34. The van der Waals surface area contributed by atoms with E-state index in [1.807, 2.05) is 0 Å². The monoisotopic (exact) mass is 220 g/mol. The molecule has 0 radical (unpaired) electrons. The van der Waals surface area contributed by atoms with Crippen LogP contribution in [0.3, 0.4) is 0 Å². The van der Waals surface area contributed by atoms with E-state index in [0.717, 1.165) is 6.29 Å². The summed E-state index contributed by atoms with van der Waals surface area (Å²) in [5.74, 6) is 0.632. The standard InChI is InChI=1S/C11H12N2O3/c1-15-7-8-9(6-14)13-5-3-4-10(16-2)11(13)12-8/h3-6H,7H2,1-2H3. The Bertz CT molecular complexity index is 519. The van der Waals surface area contributed by atoms with Crippen molar-refractivity contribution in [3.8, 4) is 5.75 Å². The Kier molecular flexibility index (Phi) is 2.87. The lowest BCUT2D eigenvalue weighted by atomic mass is 10.3. The molecule has 2 aromatic heterocycles. The summed E-state index contributed by atoms with van der Waals surface area (Å²) in [7, 11) is 3.14. The highest BCUT2D eigenvalue weighted by Gasteiger charge is 2.13. The maximum atomic E-state index is 11.0. The fourth-order valence-electron chi connectivity index (χ4n) is 1.63. The Morgan fingerprint density at radius 1 is 1.50 bits per heavy atom. The Morgan fingerprint density at radius 2 is 2.31 bits per heavy atom. The molecule has 0 spiro atoms. The van der Waals surface area contributed by atoms with E-state index in [-0.39, 0.29) is 0 Å². The molecule has 84 valence electrons. The summed E-state index contributed by atoms with van der Waals surface area (Å²) in [6, 6.07) is 3.60. The highest BCUT2D eigenvalue weighted by molar-refractivity contribution is 5.77. The van der Waals surface area contributed by atoms with E-state index in [4.69, 9.17) is 9.47 Å². The lowest BCUT2D eigenvalue weighted by Crippen LogP contribution is -1.96. The number of methoxy groups -OCH3 is 2. The van der Waals surface area contributed by atoms with Crippen LogP contribution in [0.5, 0.6) is 5.75 Å². The van der Waals surface area contributed by atoms with Crippen molar-refractivity contribution in [3.05, 3.63) is 29.7 Å². The van der Waals surface area contributed by atoms with Gasteiger partial charge in [-0.2, -0.15) is 0 Å². The maximum Gasteiger partial charge on any atom is 0.180 e. The minimum absolute atomic E-state index is 0.304. The van der Waals surface area contributed by atoms with Gasteiger partial charge in [-0.05, 0) is 12.1 Å². The van der Waals surface area contributed by atoms with Gasteiger partial charge in [0.25, 0.3) is 0 Å². The quantitative estimate of drug-likeness (QED) is 0.729. The zero-order chi connectivity index (χ0) is 11.5. The Hall–Kier alpha value is -1.88. The normalized spacial score (nSPS) is 10.6. The van der Waals surface area contributed by atoms with Gasteiger partial charge in [0.15, 0.2) is 17.7 Å². The molecule has 0 aromatic carbocycles. The molecule has 0 bridgehead atoms. The number of nitrogens with zero attached hydrogens (tertiary/aromatic N) is 2. The number of ether oxygens (including phenoxy) is 2. The van der Waals surface area contributed by atoms with Gasteiger partial charge in [-0.25, -0.2) is 4.98 Å². The minimum Gasteiger partial charge on any atom is -0.493 e. The molecule has 0 atom stereocenters. The van der Waals surface area contributed by atoms with Crippen LogP contribution in [-0.4, -0.2) is 29.9 Å². The van der Waals surface area contributed by atoms with Crippen LogP contribution in [0.4, 0.5) is 0 Å². The number of carbonyl (C=O) groups excluding carboxylic acids is 1. The van der Waals surface area contributed by atoms with Gasteiger partial charge in [-0.3, -0.25) is 9.20 Å². The molecule has 2 rings (SSSR count). The number of imidazole rings is 1. The summed E-state index contributed by atoms with van der Waals surface area (Å²) in [4.78, 5) is 15.3. The van der Waals surface area contributed by atoms with Gasteiger partial charge in [0, 0.05) is 13.3 Å². The highest BCUT2D eigenvalue weighted by Crippen LogP contribution is 2.21. The fourth-order valence-corrected chi connectivity index (χ4v) is 1.63. The van der Waals surface area contributed by atoms with E-state index in [1.165, 1.54) is 0 Å². The summed E-state index contributed by atoms with van der Waals surface area (Å²) >= 11 is 0. The number of pyridine rings is 1.